The topological polar surface area (TPSA) is 24.1 Å². The van der Waals surface area contributed by atoms with E-state index in [1.54, 1.807) is 0 Å². The van der Waals surface area contributed by atoms with E-state index in [1.165, 1.54) is 37.8 Å². The first kappa shape index (κ1) is 9.63. The van der Waals surface area contributed by atoms with E-state index in [2.05, 4.69) is 23.8 Å². The average molecular weight is 192 g/mol. The second-order valence-electron chi connectivity index (χ2n) is 4.47. The van der Waals surface area contributed by atoms with E-state index < -0.39 is 0 Å². The smallest absolute Gasteiger partial charge is 0.0343 e. The van der Waals surface area contributed by atoms with Gasteiger partial charge in [-0.3, -0.25) is 0 Å². The largest absolute Gasteiger partial charge is 0.365 e. The first-order chi connectivity index (χ1) is 6.88. The third-order valence-corrected chi connectivity index (χ3v) is 3.43. The fourth-order valence-corrected chi connectivity index (χ4v) is 2.53. The van der Waals surface area contributed by atoms with Gasteiger partial charge in [0.05, 0.1) is 0 Å². The van der Waals surface area contributed by atoms with Crippen molar-refractivity contribution in [1.82, 2.24) is 10.6 Å². The molecule has 0 saturated heterocycles. The van der Waals surface area contributed by atoms with Gasteiger partial charge in [0.25, 0.3) is 0 Å². The van der Waals surface area contributed by atoms with Gasteiger partial charge < -0.3 is 10.6 Å². The van der Waals surface area contributed by atoms with E-state index in [1.807, 2.05) is 12.4 Å². The van der Waals surface area contributed by atoms with Crippen molar-refractivity contribution < 1.29 is 0 Å². The van der Waals surface area contributed by atoms with E-state index in [4.69, 9.17) is 0 Å². The van der Waals surface area contributed by atoms with Crippen LogP contribution in [0.4, 0.5) is 0 Å². The Kier molecular flexibility index (Phi) is 3.12. The summed E-state index contributed by atoms with van der Waals surface area (Å²) in [6.45, 7) is 2.39. The quantitative estimate of drug-likeness (QED) is 0.624. The molecule has 2 nitrogen and oxygen atoms in total. The minimum atomic E-state index is 0.731. The van der Waals surface area contributed by atoms with Gasteiger partial charge in [-0.25, -0.2) is 0 Å². The molecule has 1 aliphatic carbocycles. The van der Waals surface area contributed by atoms with Gasteiger partial charge in [-0.2, -0.15) is 0 Å². The number of hydrogen-bond donors (Lipinski definition) is 2. The SMILES string of the molecule is CC1CCCCCC1C1=CNC=CN1. The van der Waals surface area contributed by atoms with Crippen molar-refractivity contribution in [1.29, 1.82) is 0 Å². The van der Waals surface area contributed by atoms with Crippen LogP contribution < -0.4 is 10.6 Å². The monoisotopic (exact) mass is 192 g/mol. The van der Waals surface area contributed by atoms with Gasteiger partial charge in [0, 0.05) is 30.2 Å². The first-order valence-electron chi connectivity index (χ1n) is 5.75. The molecule has 2 unspecified atom stereocenters. The molecule has 14 heavy (non-hydrogen) atoms. The standard InChI is InChI=1S/C12H20N2/c1-10-5-3-2-4-6-11(10)12-9-13-7-8-14-12/h7-11,13-14H,2-6H2,1H3. The van der Waals surface area contributed by atoms with Gasteiger partial charge in [0.1, 0.15) is 0 Å². The summed E-state index contributed by atoms with van der Waals surface area (Å²) in [5, 5.41) is 6.53. The zero-order chi connectivity index (χ0) is 9.80. The molecule has 2 rings (SSSR count). The van der Waals surface area contributed by atoms with Crippen LogP contribution in [0.15, 0.2) is 24.3 Å². The lowest BCUT2D eigenvalue weighted by atomic mass is 9.87. The van der Waals surface area contributed by atoms with Gasteiger partial charge >= 0.3 is 0 Å². The lowest BCUT2D eigenvalue weighted by Gasteiger charge is -2.25. The van der Waals surface area contributed by atoms with E-state index in [-0.39, 0.29) is 0 Å². The molecule has 0 aromatic heterocycles. The number of allylic oxidation sites excluding steroid dienone is 1. The normalized spacial score (nSPS) is 32.5. The summed E-state index contributed by atoms with van der Waals surface area (Å²) in [7, 11) is 0. The van der Waals surface area contributed by atoms with Crippen LogP contribution in [-0.4, -0.2) is 0 Å². The van der Waals surface area contributed by atoms with Crippen molar-refractivity contribution in [2.75, 3.05) is 0 Å². The summed E-state index contributed by atoms with van der Waals surface area (Å²) in [6, 6.07) is 0. The molecule has 2 heteroatoms. The summed E-state index contributed by atoms with van der Waals surface area (Å²) in [6.07, 6.45) is 13.0. The summed E-state index contributed by atoms with van der Waals surface area (Å²) in [4.78, 5) is 0. The van der Waals surface area contributed by atoms with Crippen molar-refractivity contribution in [2.45, 2.75) is 39.0 Å². The Morgan fingerprint density at radius 2 is 2.00 bits per heavy atom. The van der Waals surface area contributed by atoms with Crippen LogP contribution in [0.1, 0.15) is 39.0 Å². The molecule has 0 bridgehead atoms. The highest BCUT2D eigenvalue weighted by Crippen LogP contribution is 2.32. The number of rotatable bonds is 1. The third-order valence-electron chi connectivity index (χ3n) is 3.43. The Morgan fingerprint density at radius 1 is 1.14 bits per heavy atom. The van der Waals surface area contributed by atoms with Crippen LogP contribution in [0.25, 0.3) is 0 Å². The third kappa shape index (κ3) is 2.11. The Morgan fingerprint density at radius 3 is 2.79 bits per heavy atom. The van der Waals surface area contributed by atoms with Crippen LogP contribution in [0.5, 0.6) is 0 Å². The molecule has 1 heterocycles. The Hall–Kier alpha value is -0.920. The average Bonchev–Trinajstić information content (AvgIpc) is 2.44. The second-order valence-corrected chi connectivity index (χ2v) is 4.47. The van der Waals surface area contributed by atoms with E-state index in [0.717, 1.165) is 11.8 Å². The van der Waals surface area contributed by atoms with Crippen LogP contribution in [-0.2, 0) is 0 Å². The first-order valence-corrected chi connectivity index (χ1v) is 5.75. The molecule has 0 amide bonds. The molecular formula is C12H20N2. The molecule has 2 atom stereocenters. The zero-order valence-corrected chi connectivity index (χ0v) is 8.92. The van der Waals surface area contributed by atoms with Crippen LogP contribution >= 0.6 is 0 Å². The lowest BCUT2D eigenvalue weighted by molar-refractivity contribution is 0.374. The van der Waals surface area contributed by atoms with E-state index in [0.29, 0.717) is 0 Å². The minimum Gasteiger partial charge on any atom is -0.365 e. The van der Waals surface area contributed by atoms with Crippen LogP contribution in [0, 0.1) is 11.8 Å². The number of nitrogens with one attached hydrogen (secondary N) is 2. The highest BCUT2D eigenvalue weighted by molar-refractivity contribution is 5.13. The maximum absolute atomic E-state index is 3.37. The van der Waals surface area contributed by atoms with Crippen LogP contribution in [0.2, 0.25) is 0 Å². The van der Waals surface area contributed by atoms with Crippen molar-refractivity contribution in [2.24, 2.45) is 11.8 Å². The highest BCUT2D eigenvalue weighted by atomic mass is 15.0. The van der Waals surface area contributed by atoms with Crippen molar-refractivity contribution in [3.8, 4) is 0 Å². The van der Waals surface area contributed by atoms with Gasteiger partial charge in [0.2, 0.25) is 0 Å². The predicted molar refractivity (Wildman–Crippen MR) is 59.2 cm³/mol. The molecule has 0 aromatic rings. The van der Waals surface area contributed by atoms with Gasteiger partial charge in [0.15, 0.2) is 0 Å². The molecule has 78 valence electrons. The van der Waals surface area contributed by atoms with Gasteiger partial charge in [-0.15, -0.1) is 0 Å². The molecule has 1 fully saturated rings. The van der Waals surface area contributed by atoms with Crippen molar-refractivity contribution >= 4 is 0 Å². The summed E-state index contributed by atoms with van der Waals surface area (Å²) >= 11 is 0. The Bertz CT molecular complexity index is 243. The molecule has 1 aliphatic heterocycles. The van der Waals surface area contributed by atoms with E-state index >= 15 is 0 Å². The summed E-state index contributed by atoms with van der Waals surface area (Å²) in [5.41, 5.74) is 1.38. The van der Waals surface area contributed by atoms with Gasteiger partial charge in [-0.1, -0.05) is 32.6 Å². The van der Waals surface area contributed by atoms with Crippen LogP contribution in [0.3, 0.4) is 0 Å². The maximum Gasteiger partial charge on any atom is 0.0343 e. The second kappa shape index (κ2) is 4.54. The lowest BCUT2D eigenvalue weighted by Crippen LogP contribution is -2.25. The molecule has 2 aliphatic rings. The van der Waals surface area contributed by atoms with E-state index in [9.17, 15) is 0 Å². The Labute approximate surface area is 86.5 Å². The fourth-order valence-electron chi connectivity index (χ4n) is 2.53. The Balaban J connectivity index is 2.02. The van der Waals surface area contributed by atoms with Gasteiger partial charge in [-0.05, 0) is 12.3 Å². The molecule has 1 saturated carbocycles. The minimum absolute atomic E-state index is 0.731. The maximum atomic E-state index is 3.37. The summed E-state index contributed by atoms with van der Waals surface area (Å²) < 4.78 is 0. The summed E-state index contributed by atoms with van der Waals surface area (Å²) in [5.74, 6) is 1.56. The van der Waals surface area contributed by atoms with Crippen molar-refractivity contribution in [3.63, 3.8) is 0 Å². The van der Waals surface area contributed by atoms with Crippen molar-refractivity contribution in [3.05, 3.63) is 24.3 Å². The molecular weight excluding hydrogens is 172 g/mol. The molecule has 0 aromatic carbocycles. The molecule has 2 N–H and O–H groups in total. The number of hydrogen-bond acceptors (Lipinski definition) is 2. The zero-order valence-electron chi connectivity index (χ0n) is 8.92. The molecule has 0 spiro atoms. The fraction of sp³-hybridized carbons (Fsp3) is 0.667. The predicted octanol–water partition coefficient (Wildman–Crippen LogP) is 2.71. The molecule has 0 radical (unpaired) electrons. The highest BCUT2D eigenvalue weighted by Gasteiger charge is 2.23.